The van der Waals surface area contributed by atoms with Crippen molar-refractivity contribution in [3.8, 4) is 0 Å². The lowest BCUT2D eigenvalue weighted by Gasteiger charge is -2.16. The van der Waals surface area contributed by atoms with E-state index in [4.69, 9.17) is 4.52 Å². The maximum Gasteiger partial charge on any atom is 0.222 e. The maximum absolute atomic E-state index is 11.1. The first-order valence-electron chi connectivity index (χ1n) is 8.06. The van der Waals surface area contributed by atoms with Crippen LogP contribution in [0.4, 0.5) is 5.82 Å². The molecule has 2 aromatic heterocycles. The zero-order valence-corrected chi connectivity index (χ0v) is 13.9. The van der Waals surface area contributed by atoms with E-state index in [1.807, 2.05) is 23.9 Å². The lowest BCUT2D eigenvalue weighted by molar-refractivity contribution is -0.114. The Hall–Kier alpha value is -2.15. The van der Waals surface area contributed by atoms with Gasteiger partial charge in [-0.1, -0.05) is 12.1 Å². The molecule has 1 aliphatic heterocycles. The summed E-state index contributed by atoms with van der Waals surface area (Å²) in [6, 6.07) is 2.17. The van der Waals surface area contributed by atoms with Gasteiger partial charge in [-0.15, -0.1) is 0 Å². The van der Waals surface area contributed by atoms with Crippen molar-refractivity contribution in [2.24, 2.45) is 0 Å². The van der Waals surface area contributed by atoms with E-state index >= 15 is 0 Å². The zero-order valence-electron chi connectivity index (χ0n) is 13.9. The van der Waals surface area contributed by atoms with Gasteiger partial charge in [0.15, 0.2) is 5.82 Å². The summed E-state index contributed by atoms with van der Waals surface area (Å²) in [5.74, 6) is 1.43. The predicted octanol–water partition coefficient (Wildman–Crippen LogP) is 2.15. The molecule has 1 saturated heterocycles. The summed E-state index contributed by atoms with van der Waals surface area (Å²) >= 11 is 0. The van der Waals surface area contributed by atoms with Crippen molar-refractivity contribution < 1.29 is 9.32 Å². The largest absolute Gasteiger partial charge is 0.361 e. The van der Waals surface area contributed by atoms with Gasteiger partial charge in [0.1, 0.15) is 5.76 Å². The molecule has 1 atom stereocenters. The molecule has 3 heterocycles. The Labute approximate surface area is 135 Å². The van der Waals surface area contributed by atoms with E-state index in [1.54, 1.807) is 0 Å². The van der Waals surface area contributed by atoms with Crippen molar-refractivity contribution >= 4 is 11.7 Å². The Bertz CT molecular complexity index is 690. The number of nitrogens with zero attached hydrogens (tertiary/aromatic N) is 4. The van der Waals surface area contributed by atoms with Gasteiger partial charge >= 0.3 is 0 Å². The molecule has 1 N–H and O–H groups in total. The Balaban J connectivity index is 1.63. The van der Waals surface area contributed by atoms with Crippen LogP contribution in [0.15, 0.2) is 16.8 Å². The molecular formula is C16H23N5O2. The van der Waals surface area contributed by atoms with Crippen molar-refractivity contribution in [2.75, 3.05) is 18.4 Å². The molecule has 7 heteroatoms. The molecule has 0 spiro atoms. The van der Waals surface area contributed by atoms with Crippen LogP contribution in [0.1, 0.15) is 43.3 Å². The molecule has 2 aromatic rings. The standard InChI is InChI=1S/C16H23N5O2/c1-4-15-14(11(2)23-19-15)10-20-7-5-13(9-20)21-8-6-16(18-21)17-12(3)22/h6,8,13H,4-5,7,9-10H2,1-3H3,(H,17,18,22). The highest BCUT2D eigenvalue weighted by Gasteiger charge is 2.26. The van der Waals surface area contributed by atoms with Gasteiger partial charge in [-0.3, -0.25) is 14.4 Å². The van der Waals surface area contributed by atoms with Gasteiger partial charge in [0, 0.05) is 44.4 Å². The minimum Gasteiger partial charge on any atom is -0.361 e. The lowest BCUT2D eigenvalue weighted by Crippen LogP contribution is -2.22. The number of hydrogen-bond acceptors (Lipinski definition) is 5. The van der Waals surface area contributed by atoms with E-state index < -0.39 is 0 Å². The van der Waals surface area contributed by atoms with Crippen LogP contribution in [-0.4, -0.2) is 38.8 Å². The third-order valence-electron chi connectivity index (χ3n) is 4.32. The molecule has 23 heavy (non-hydrogen) atoms. The minimum atomic E-state index is -0.0988. The van der Waals surface area contributed by atoms with Crippen molar-refractivity contribution in [2.45, 2.75) is 46.2 Å². The second kappa shape index (κ2) is 6.54. The fourth-order valence-corrected chi connectivity index (χ4v) is 3.10. The van der Waals surface area contributed by atoms with E-state index in [9.17, 15) is 4.79 Å². The van der Waals surface area contributed by atoms with Crippen LogP contribution in [0.2, 0.25) is 0 Å². The number of aryl methyl sites for hydroxylation is 2. The summed E-state index contributed by atoms with van der Waals surface area (Å²) in [6.45, 7) is 8.39. The van der Waals surface area contributed by atoms with Gasteiger partial charge in [-0.25, -0.2) is 0 Å². The maximum atomic E-state index is 11.1. The van der Waals surface area contributed by atoms with Gasteiger partial charge < -0.3 is 9.84 Å². The smallest absolute Gasteiger partial charge is 0.222 e. The van der Waals surface area contributed by atoms with E-state index in [0.29, 0.717) is 11.9 Å². The van der Waals surface area contributed by atoms with Gasteiger partial charge in [0.2, 0.25) is 5.91 Å². The van der Waals surface area contributed by atoms with Gasteiger partial charge in [-0.05, 0) is 19.8 Å². The highest BCUT2D eigenvalue weighted by molar-refractivity contribution is 5.87. The monoisotopic (exact) mass is 317 g/mol. The molecule has 0 aliphatic carbocycles. The van der Waals surface area contributed by atoms with E-state index in [0.717, 1.165) is 43.9 Å². The molecule has 0 aromatic carbocycles. The number of carbonyl (C=O) groups excluding carboxylic acids is 1. The zero-order chi connectivity index (χ0) is 16.4. The third-order valence-corrected chi connectivity index (χ3v) is 4.32. The fourth-order valence-electron chi connectivity index (χ4n) is 3.10. The highest BCUT2D eigenvalue weighted by atomic mass is 16.5. The summed E-state index contributed by atoms with van der Waals surface area (Å²) < 4.78 is 7.27. The molecule has 0 saturated carbocycles. The highest BCUT2D eigenvalue weighted by Crippen LogP contribution is 2.25. The normalized spacial score (nSPS) is 18.5. The number of likely N-dealkylation sites (tertiary alicyclic amines) is 1. The van der Waals surface area contributed by atoms with Crippen molar-refractivity contribution in [3.05, 3.63) is 29.3 Å². The summed E-state index contributed by atoms with van der Waals surface area (Å²) in [5, 5.41) is 11.3. The number of aromatic nitrogens is 3. The molecule has 3 rings (SSSR count). The average molecular weight is 317 g/mol. The summed E-state index contributed by atoms with van der Waals surface area (Å²) in [7, 11) is 0. The first kappa shape index (κ1) is 15.7. The van der Waals surface area contributed by atoms with Gasteiger partial charge in [0.25, 0.3) is 0 Å². The topological polar surface area (TPSA) is 76.2 Å². The summed E-state index contributed by atoms with van der Waals surface area (Å²) in [4.78, 5) is 13.5. The molecule has 0 bridgehead atoms. The van der Waals surface area contributed by atoms with Gasteiger partial charge in [-0.2, -0.15) is 5.10 Å². The second-order valence-electron chi connectivity index (χ2n) is 6.06. The Morgan fingerprint density at radius 2 is 2.35 bits per heavy atom. The molecular weight excluding hydrogens is 294 g/mol. The Morgan fingerprint density at radius 3 is 3.09 bits per heavy atom. The van der Waals surface area contributed by atoms with Crippen molar-refractivity contribution in [3.63, 3.8) is 0 Å². The number of anilines is 1. The second-order valence-corrected chi connectivity index (χ2v) is 6.06. The van der Waals surface area contributed by atoms with Crippen molar-refractivity contribution in [1.29, 1.82) is 0 Å². The molecule has 7 nitrogen and oxygen atoms in total. The minimum absolute atomic E-state index is 0.0988. The fraction of sp³-hybridized carbons (Fsp3) is 0.562. The number of carbonyl (C=O) groups is 1. The number of rotatable bonds is 5. The molecule has 1 fully saturated rings. The van der Waals surface area contributed by atoms with E-state index in [-0.39, 0.29) is 5.91 Å². The molecule has 124 valence electrons. The van der Waals surface area contributed by atoms with Crippen LogP contribution in [0, 0.1) is 6.92 Å². The molecule has 0 radical (unpaired) electrons. The van der Waals surface area contributed by atoms with E-state index in [2.05, 4.69) is 27.4 Å². The van der Waals surface area contributed by atoms with Crippen molar-refractivity contribution in [1.82, 2.24) is 19.8 Å². The van der Waals surface area contributed by atoms with Crippen LogP contribution >= 0.6 is 0 Å². The van der Waals surface area contributed by atoms with Gasteiger partial charge in [0.05, 0.1) is 11.7 Å². The molecule has 1 unspecified atom stereocenters. The molecule has 1 amide bonds. The lowest BCUT2D eigenvalue weighted by atomic mass is 10.1. The van der Waals surface area contributed by atoms with Crippen LogP contribution < -0.4 is 5.32 Å². The first-order valence-corrected chi connectivity index (χ1v) is 8.06. The third kappa shape index (κ3) is 3.44. The van der Waals surface area contributed by atoms with Crippen LogP contribution in [0.3, 0.4) is 0 Å². The summed E-state index contributed by atoms with van der Waals surface area (Å²) in [6.07, 6.45) is 3.87. The van der Waals surface area contributed by atoms with E-state index in [1.165, 1.54) is 12.5 Å². The number of hydrogen-bond donors (Lipinski definition) is 1. The summed E-state index contributed by atoms with van der Waals surface area (Å²) in [5.41, 5.74) is 2.27. The Kier molecular flexibility index (Phi) is 4.47. The Morgan fingerprint density at radius 1 is 1.52 bits per heavy atom. The van der Waals surface area contributed by atoms with Crippen LogP contribution in [0.5, 0.6) is 0 Å². The quantitative estimate of drug-likeness (QED) is 0.914. The number of nitrogens with one attached hydrogen (secondary N) is 1. The number of amides is 1. The first-order chi connectivity index (χ1) is 11.1. The van der Waals surface area contributed by atoms with Crippen LogP contribution in [-0.2, 0) is 17.8 Å². The SMILES string of the molecule is CCc1noc(C)c1CN1CCC(n2ccc(NC(C)=O)n2)C1. The average Bonchev–Trinajstić information content (AvgIpc) is 3.21. The van der Waals surface area contributed by atoms with Crippen LogP contribution in [0.25, 0.3) is 0 Å². The predicted molar refractivity (Wildman–Crippen MR) is 86.1 cm³/mol. The molecule has 1 aliphatic rings.